The van der Waals surface area contributed by atoms with Crippen LogP contribution in [0.1, 0.15) is 24.5 Å². The molecule has 0 saturated heterocycles. The van der Waals surface area contributed by atoms with Crippen LogP contribution in [0, 0.1) is 0 Å². The number of benzene rings is 1. The first-order chi connectivity index (χ1) is 8.69. The maximum atomic E-state index is 8.73. The number of hydrogen-bond acceptors (Lipinski definition) is 4. The molecule has 0 amide bonds. The Labute approximate surface area is 113 Å². The van der Waals surface area contributed by atoms with Gasteiger partial charge in [-0.05, 0) is 24.8 Å². The molecule has 0 aliphatic rings. The molecule has 0 saturated carbocycles. The van der Waals surface area contributed by atoms with Crippen LogP contribution in [0.5, 0.6) is 0 Å². The van der Waals surface area contributed by atoms with Gasteiger partial charge in [-0.3, -0.25) is 0 Å². The van der Waals surface area contributed by atoms with Gasteiger partial charge in [0.15, 0.2) is 5.84 Å². The zero-order valence-electron chi connectivity index (χ0n) is 10.9. The summed E-state index contributed by atoms with van der Waals surface area (Å²) in [7, 11) is 0. The number of nitrogens with two attached hydrogens (primary N) is 1. The first kappa shape index (κ1) is 14.9. The summed E-state index contributed by atoms with van der Waals surface area (Å²) in [6, 6.07) is 7.68. The Balaban J connectivity index is 2.52. The normalized spacial score (nSPS) is 13.6. The van der Waals surface area contributed by atoms with E-state index in [-0.39, 0.29) is 5.84 Å². The van der Waals surface area contributed by atoms with Crippen LogP contribution in [0.3, 0.4) is 0 Å². The molecule has 18 heavy (non-hydrogen) atoms. The average molecular weight is 267 g/mol. The van der Waals surface area contributed by atoms with Gasteiger partial charge in [-0.2, -0.15) is 11.8 Å². The van der Waals surface area contributed by atoms with Crippen molar-refractivity contribution in [3.8, 4) is 0 Å². The Morgan fingerprint density at radius 3 is 2.89 bits per heavy atom. The van der Waals surface area contributed by atoms with Crippen LogP contribution in [-0.4, -0.2) is 29.1 Å². The van der Waals surface area contributed by atoms with Gasteiger partial charge in [-0.25, -0.2) is 0 Å². The second kappa shape index (κ2) is 8.00. The van der Waals surface area contributed by atoms with E-state index < -0.39 is 0 Å². The van der Waals surface area contributed by atoms with E-state index in [0.29, 0.717) is 5.25 Å². The van der Waals surface area contributed by atoms with Gasteiger partial charge in [0.1, 0.15) is 0 Å². The Morgan fingerprint density at radius 2 is 2.22 bits per heavy atom. The number of thioether (sulfide) groups is 1. The van der Waals surface area contributed by atoms with Crippen molar-refractivity contribution in [1.29, 1.82) is 0 Å². The third-order valence-corrected chi connectivity index (χ3v) is 3.89. The number of nitrogens with zero attached hydrogens (tertiary/aromatic N) is 1. The van der Waals surface area contributed by atoms with Crippen molar-refractivity contribution in [2.24, 2.45) is 10.9 Å². The van der Waals surface area contributed by atoms with Gasteiger partial charge in [0, 0.05) is 17.4 Å². The highest BCUT2D eigenvalue weighted by molar-refractivity contribution is 7.99. The molecule has 0 heterocycles. The first-order valence-corrected chi connectivity index (χ1v) is 7.27. The second-order valence-electron chi connectivity index (χ2n) is 4.15. The van der Waals surface area contributed by atoms with Crippen molar-refractivity contribution in [3.05, 3.63) is 35.4 Å². The summed E-state index contributed by atoms with van der Waals surface area (Å²) in [6.45, 7) is 3.91. The fourth-order valence-corrected chi connectivity index (χ4v) is 1.98. The van der Waals surface area contributed by atoms with E-state index in [4.69, 9.17) is 10.9 Å². The minimum Gasteiger partial charge on any atom is -0.409 e. The number of nitrogens with one attached hydrogen (secondary N) is 1. The lowest BCUT2D eigenvalue weighted by molar-refractivity contribution is 0.318. The Bertz CT molecular complexity index is 396. The molecule has 4 nitrogen and oxygen atoms in total. The van der Waals surface area contributed by atoms with Crippen LogP contribution in [-0.2, 0) is 6.54 Å². The molecule has 1 aromatic carbocycles. The number of rotatable bonds is 7. The molecule has 1 atom stereocenters. The van der Waals surface area contributed by atoms with Gasteiger partial charge < -0.3 is 16.3 Å². The zero-order valence-corrected chi connectivity index (χ0v) is 11.7. The predicted molar refractivity (Wildman–Crippen MR) is 78.3 cm³/mol. The van der Waals surface area contributed by atoms with Crippen molar-refractivity contribution >= 4 is 17.6 Å². The molecule has 4 N–H and O–H groups in total. The van der Waals surface area contributed by atoms with E-state index in [9.17, 15) is 0 Å². The minimum atomic E-state index is 0.157. The molecule has 5 heteroatoms. The minimum absolute atomic E-state index is 0.157. The molecule has 100 valence electrons. The van der Waals surface area contributed by atoms with Gasteiger partial charge in [-0.1, -0.05) is 36.3 Å². The molecular weight excluding hydrogens is 246 g/mol. The largest absolute Gasteiger partial charge is 0.409 e. The topological polar surface area (TPSA) is 70.6 Å². The molecule has 0 bridgehead atoms. The Kier molecular flexibility index (Phi) is 6.60. The van der Waals surface area contributed by atoms with Crippen LogP contribution in [0.2, 0.25) is 0 Å². The van der Waals surface area contributed by atoms with Crippen molar-refractivity contribution < 1.29 is 5.21 Å². The van der Waals surface area contributed by atoms with Gasteiger partial charge in [-0.15, -0.1) is 0 Å². The lowest BCUT2D eigenvalue weighted by Gasteiger charge is -2.11. The molecule has 1 unspecified atom stereocenters. The van der Waals surface area contributed by atoms with Crippen LogP contribution in [0.25, 0.3) is 0 Å². The molecule has 0 aromatic heterocycles. The number of oxime groups is 1. The average Bonchev–Trinajstić information content (AvgIpc) is 2.42. The standard InChI is InChI=1S/C13H21N3OS/c1-10(18-2)7-8-15-9-11-5-3-4-6-12(11)13(14)16-17/h3-6,10,15,17H,7-9H2,1-2H3,(H2,14,16). The summed E-state index contributed by atoms with van der Waals surface area (Å²) in [5, 5.41) is 15.8. The van der Waals surface area contributed by atoms with E-state index in [2.05, 4.69) is 23.7 Å². The zero-order chi connectivity index (χ0) is 13.4. The van der Waals surface area contributed by atoms with Gasteiger partial charge in [0.25, 0.3) is 0 Å². The van der Waals surface area contributed by atoms with Crippen molar-refractivity contribution in [3.63, 3.8) is 0 Å². The van der Waals surface area contributed by atoms with E-state index >= 15 is 0 Å². The number of amidine groups is 1. The fraction of sp³-hybridized carbons (Fsp3) is 0.462. The third-order valence-electron chi connectivity index (χ3n) is 2.85. The SMILES string of the molecule is CSC(C)CCNCc1ccccc1/C(N)=N/O. The lowest BCUT2D eigenvalue weighted by Crippen LogP contribution is -2.21. The molecule has 0 aliphatic heterocycles. The molecule has 1 aromatic rings. The summed E-state index contributed by atoms with van der Waals surface area (Å²) in [4.78, 5) is 0. The quantitative estimate of drug-likeness (QED) is 0.232. The van der Waals surface area contributed by atoms with Gasteiger partial charge in [0.2, 0.25) is 0 Å². The maximum Gasteiger partial charge on any atom is 0.170 e. The molecule has 0 fully saturated rings. The third kappa shape index (κ3) is 4.58. The van der Waals surface area contributed by atoms with E-state index in [1.807, 2.05) is 36.0 Å². The van der Waals surface area contributed by atoms with Crippen molar-refractivity contribution in [1.82, 2.24) is 5.32 Å². The fourth-order valence-electron chi connectivity index (χ4n) is 1.62. The monoisotopic (exact) mass is 267 g/mol. The molecule has 0 aliphatic carbocycles. The predicted octanol–water partition coefficient (Wildman–Crippen LogP) is 2.01. The highest BCUT2D eigenvalue weighted by Gasteiger charge is 2.06. The highest BCUT2D eigenvalue weighted by atomic mass is 32.2. The second-order valence-corrected chi connectivity index (χ2v) is 5.43. The molecular formula is C13H21N3OS. The van der Waals surface area contributed by atoms with Gasteiger partial charge in [0.05, 0.1) is 0 Å². The summed E-state index contributed by atoms with van der Waals surface area (Å²) >= 11 is 1.87. The summed E-state index contributed by atoms with van der Waals surface area (Å²) < 4.78 is 0. The Hall–Kier alpha value is -1.20. The summed E-state index contributed by atoms with van der Waals surface area (Å²) in [6.07, 6.45) is 3.26. The highest BCUT2D eigenvalue weighted by Crippen LogP contribution is 2.10. The van der Waals surface area contributed by atoms with E-state index in [0.717, 1.165) is 30.6 Å². The van der Waals surface area contributed by atoms with E-state index in [1.54, 1.807) is 0 Å². The van der Waals surface area contributed by atoms with Crippen LogP contribution in [0.15, 0.2) is 29.4 Å². The smallest absolute Gasteiger partial charge is 0.170 e. The Morgan fingerprint density at radius 1 is 1.50 bits per heavy atom. The van der Waals surface area contributed by atoms with Gasteiger partial charge >= 0.3 is 0 Å². The summed E-state index contributed by atoms with van der Waals surface area (Å²) in [5.41, 5.74) is 7.47. The molecule has 0 radical (unpaired) electrons. The van der Waals surface area contributed by atoms with Crippen LogP contribution in [0.4, 0.5) is 0 Å². The van der Waals surface area contributed by atoms with Crippen LogP contribution >= 0.6 is 11.8 Å². The summed E-state index contributed by atoms with van der Waals surface area (Å²) in [5.74, 6) is 0.157. The lowest BCUT2D eigenvalue weighted by atomic mass is 10.1. The van der Waals surface area contributed by atoms with Crippen molar-refractivity contribution in [2.75, 3.05) is 12.8 Å². The maximum absolute atomic E-state index is 8.73. The van der Waals surface area contributed by atoms with Crippen LogP contribution < -0.4 is 11.1 Å². The number of hydrogen-bond donors (Lipinski definition) is 3. The van der Waals surface area contributed by atoms with E-state index in [1.165, 1.54) is 0 Å². The molecule has 1 rings (SSSR count). The first-order valence-electron chi connectivity index (χ1n) is 5.98. The van der Waals surface area contributed by atoms with Crippen molar-refractivity contribution in [2.45, 2.75) is 25.1 Å². The molecule has 0 spiro atoms.